The minimum absolute atomic E-state index is 0.0745. The number of imidazole rings is 1. The lowest BCUT2D eigenvalue weighted by molar-refractivity contribution is -0.130. The van der Waals surface area contributed by atoms with Gasteiger partial charge in [-0.2, -0.15) is 0 Å². The normalized spacial score (nSPS) is 17.0. The quantitative estimate of drug-likeness (QED) is 0.782. The number of fused-ring (bicyclic) bond motifs is 1. The van der Waals surface area contributed by atoms with Gasteiger partial charge in [0.2, 0.25) is 5.91 Å². The van der Waals surface area contributed by atoms with Gasteiger partial charge in [0, 0.05) is 19.3 Å². The van der Waals surface area contributed by atoms with Crippen LogP contribution in [-0.2, 0) is 4.79 Å². The second-order valence-corrected chi connectivity index (χ2v) is 6.72. The molecule has 1 fully saturated rings. The van der Waals surface area contributed by atoms with Crippen LogP contribution in [0.15, 0.2) is 48.5 Å². The molecule has 1 aliphatic rings. The van der Waals surface area contributed by atoms with E-state index in [9.17, 15) is 9.18 Å². The number of rotatable bonds is 4. The molecule has 2 aromatic carbocycles. The molecule has 3 aromatic rings. The topological polar surface area (TPSA) is 52.2 Å². The maximum absolute atomic E-state index is 13.4. The number of carbonyl (C=O) groups excluding carboxylic acids is 1. The Morgan fingerprint density at radius 2 is 2.12 bits per heavy atom. The molecule has 26 heavy (non-hydrogen) atoms. The Morgan fingerprint density at radius 1 is 1.31 bits per heavy atom. The van der Waals surface area contributed by atoms with Gasteiger partial charge in [0.05, 0.1) is 23.6 Å². The summed E-state index contributed by atoms with van der Waals surface area (Å²) < 4.78 is 13.4. The van der Waals surface area contributed by atoms with E-state index in [-0.39, 0.29) is 17.8 Å². The fourth-order valence-electron chi connectivity index (χ4n) is 3.58. The van der Waals surface area contributed by atoms with Gasteiger partial charge in [-0.25, -0.2) is 9.37 Å². The summed E-state index contributed by atoms with van der Waals surface area (Å²) in [5, 5.41) is 0. The highest BCUT2D eigenvalue weighted by atomic mass is 19.1. The molecule has 6 heteroatoms. The Labute approximate surface area is 151 Å². The zero-order chi connectivity index (χ0) is 18.1. The van der Waals surface area contributed by atoms with Crippen molar-refractivity contribution in [2.45, 2.75) is 18.9 Å². The second kappa shape index (κ2) is 6.78. The van der Waals surface area contributed by atoms with Crippen molar-refractivity contribution in [3.05, 3.63) is 60.2 Å². The molecule has 1 atom stereocenters. The molecule has 5 nitrogen and oxygen atoms in total. The maximum atomic E-state index is 13.4. The molecule has 134 valence electrons. The smallest absolute Gasteiger partial charge is 0.242 e. The predicted octanol–water partition coefficient (Wildman–Crippen LogP) is 3.50. The van der Waals surface area contributed by atoms with Crippen molar-refractivity contribution >= 4 is 22.6 Å². The monoisotopic (exact) mass is 352 g/mol. The number of likely N-dealkylation sites (N-methyl/N-ethyl adjacent to an activating group) is 1. The van der Waals surface area contributed by atoms with Crippen LogP contribution in [0.25, 0.3) is 11.0 Å². The lowest BCUT2D eigenvalue weighted by Crippen LogP contribution is -2.39. The van der Waals surface area contributed by atoms with Gasteiger partial charge in [0.15, 0.2) is 0 Å². The van der Waals surface area contributed by atoms with Crippen LogP contribution in [0.5, 0.6) is 0 Å². The summed E-state index contributed by atoms with van der Waals surface area (Å²) in [5.41, 5.74) is 2.40. The Bertz CT molecular complexity index is 924. The summed E-state index contributed by atoms with van der Waals surface area (Å²) in [4.78, 5) is 24.5. The first-order valence-corrected chi connectivity index (χ1v) is 8.82. The SMILES string of the molecule is CN(CC(=O)N1CCCC1c1nc2ccc(F)cc2[nH]1)c1ccccc1. The second-order valence-electron chi connectivity index (χ2n) is 6.72. The van der Waals surface area contributed by atoms with Crippen molar-refractivity contribution in [2.75, 3.05) is 25.0 Å². The van der Waals surface area contributed by atoms with E-state index >= 15 is 0 Å². The number of aromatic nitrogens is 2. The highest BCUT2D eigenvalue weighted by Crippen LogP contribution is 2.31. The molecule has 4 rings (SSSR count). The Kier molecular flexibility index (Phi) is 4.32. The number of halogens is 1. The molecule has 1 aromatic heterocycles. The first-order valence-electron chi connectivity index (χ1n) is 8.82. The van der Waals surface area contributed by atoms with Crippen LogP contribution in [0.4, 0.5) is 10.1 Å². The van der Waals surface area contributed by atoms with E-state index in [2.05, 4.69) is 9.97 Å². The van der Waals surface area contributed by atoms with E-state index in [0.29, 0.717) is 12.1 Å². The predicted molar refractivity (Wildman–Crippen MR) is 99.5 cm³/mol. The van der Waals surface area contributed by atoms with Gasteiger partial charge in [0.25, 0.3) is 0 Å². The number of amides is 1. The van der Waals surface area contributed by atoms with Crippen molar-refractivity contribution in [1.29, 1.82) is 0 Å². The van der Waals surface area contributed by atoms with Crippen LogP contribution in [-0.4, -0.2) is 40.9 Å². The molecular formula is C20H21FN4O. The molecule has 0 saturated carbocycles. The average molecular weight is 352 g/mol. The van der Waals surface area contributed by atoms with Crippen LogP contribution in [0.1, 0.15) is 24.7 Å². The number of nitrogens with zero attached hydrogens (tertiary/aromatic N) is 3. The summed E-state index contributed by atoms with van der Waals surface area (Å²) in [6, 6.07) is 14.3. The molecule has 1 saturated heterocycles. The number of benzene rings is 2. The number of anilines is 1. The van der Waals surface area contributed by atoms with E-state index in [1.54, 1.807) is 6.07 Å². The molecule has 0 bridgehead atoms. The molecule has 1 unspecified atom stereocenters. The number of likely N-dealkylation sites (tertiary alicyclic amines) is 1. The van der Waals surface area contributed by atoms with Crippen molar-refractivity contribution in [1.82, 2.24) is 14.9 Å². The third-order valence-electron chi connectivity index (χ3n) is 4.92. The van der Waals surface area contributed by atoms with Gasteiger partial charge in [-0.15, -0.1) is 0 Å². The van der Waals surface area contributed by atoms with Crippen LogP contribution >= 0.6 is 0 Å². The third kappa shape index (κ3) is 3.14. The highest BCUT2D eigenvalue weighted by molar-refractivity contribution is 5.82. The summed E-state index contributed by atoms with van der Waals surface area (Å²) in [7, 11) is 1.92. The maximum Gasteiger partial charge on any atom is 0.242 e. The molecule has 1 aliphatic heterocycles. The minimum atomic E-state index is -0.295. The summed E-state index contributed by atoms with van der Waals surface area (Å²) >= 11 is 0. The highest BCUT2D eigenvalue weighted by Gasteiger charge is 2.32. The van der Waals surface area contributed by atoms with Crippen LogP contribution < -0.4 is 4.90 Å². The Hall–Kier alpha value is -2.89. The molecule has 2 heterocycles. The molecule has 0 spiro atoms. The lowest BCUT2D eigenvalue weighted by Gasteiger charge is -2.27. The number of nitrogens with one attached hydrogen (secondary N) is 1. The van der Waals surface area contributed by atoms with E-state index in [1.807, 2.05) is 47.2 Å². The average Bonchev–Trinajstić information content (AvgIpc) is 3.28. The van der Waals surface area contributed by atoms with Crippen molar-refractivity contribution < 1.29 is 9.18 Å². The largest absolute Gasteiger partial charge is 0.365 e. The number of carbonyl (C=O) groups is 1. The van der Waals surface area contributed by atoms with E-state index in [0.717, 1.165) is 36.4 Å². The molecular weight excluding hydrogens is 331 g/mol. The van der Waals surface area contributed by atoms with Crippen molar-refractivity contribution in [2.24, 2.45) is 0 Å². The number of para-hydroxylation sites is 1. The van der Waals surface area contributed by atoms with E-state index in [1.165, 1.54) is 12.1 Å². The summed E-state index contributed by atoms with van der Waals surface area (Å²) in [6.45, 7) is 1.03. The fraction of sp³-hybridized carbons (Fsp3) is 0.300. The number of H-pyrrole nitrogens is 1. The van der Waals surface area contributed by atoms with Crippen LogP contribution in [0, 0.1) is 5.82 Å². The Balaban J connectivity index is 1.52. The van der Waals surface area contributed by atoms with E-state index < -0.39 is 0 Å². The first kappa shape index (κ1) is 16.6. The number of hydrogen-bond donors (Lipinski definition) is 1. The minimum Gasteiger partial charge on any atom is -0.365 e. The zero-order valence-electron chi connectivity index (χ0n) is 14.7. The number of aromatic amines is 1. The fourth-order valence-corrected chi connectivity index (χ4v) is 3.58. The van der Waals surface area contributed by atoms with Crippen LogP contribution in [0.3, 0.4) is 0 Å². The van der Waals surface area contributed by atoms with Crippen molar-refractivity contribution in [3.63, 3.8) is 0 Å². The van der Waals surface area contributed by atoms with Gasteiger partial charge < -0.3 is 14.8 Å². The van der Waals surface area contributed by atoms with Crippen LogP contribution in [0.2, 0.25) is 0 Å². The van der Waals surface area contributed by atoms with Gasteiger partial charge >= 0.3 is 0 Å². The van der Waals surface area contributed by atoms with Gasteiger partial charge in [-0.1, -0.05) is 18.2 Å². The van der Waals surface area contributed by atoms with Gasteiger partial charge in [0.1, 0.15) is 11.6 Å². The third-order valence-corrected chi connectivity index (χ3v) is 4.92. The van der Waals surface area contributed by atoms with Gasteiger partial charge in [-0.3, -0.25) is 4.79 Å². The Morgan fingerprint density at radius 3 is 2.92 bits per heavy atom. The van der Waals surface area contributed by atoms with E-state index in [4.69, 9.17) is 0 Å². The lowest BCUT2D eigenvalue weighted by atomic mass is 10.2. The molecule has 1 N–H and O–H groups in total. The molecule has 0 aliphatic carbocycles. The first-order chi connectivity index (χ1) is 12.6. The standard InChI is InChI=1S/C20H21FN4O/c1-24(15-6-3-2-4-7-15)13-19(26)25-11-5-8-18(25)20-22-16-10-9-14(21)12-17(16)23-20/h2-4,6-7,9-10,12,18H,5,8,11,13H2,1H3,(H,22,23). The zero-order valence-corrected chi connectivity index (χ0v) is 14.7. The van der Waals surface area contributed by atoms with Gasteiger partial charge in [-0.05, 0) is 43.2 Å². The summed E-state index contributed by atoms with van der Waals surface area (Å²) in [6.07, 6.45) is 1.81. The summed E-state index contributed by atoms with van der Waals surface area (Å²) in [5.74, 6) is 0.515. The number of hydrogen-bond acceptors (Lipinski definition) is 3. The molecule has 0 radical (unpaired) electrons. The van der Waals surface area contributed by atoms with Crippen molar-refractivity contribution in [3.8, 4) is 0 Å². The molecule has 1 amide bonds.